The predicted molar refractivity (Wildman–Crippen MR) is 91.2 cm³/mol. The van der Waals surface area contributed by atoms with Crippen molar-refractivity contribution < 1.29 is 53.5 Å². The summed E-state index contributed by atoms with van der Waals surface area (Å²) < 4.78 is 131. The monoisotopic (exact) mass is 497 g/mol. The lowest BCUT2D eigenvalue weighted by molar-refractivity contribution is -0.280. The van der Waals surface area contributed by atoms with Gasteiger partial charge < -0.3 is 0 Å². The number of hydrogen-bond acceptors (Lipinski definition) is 4. The molecule has 0 radical (unpaired) electrons. The molecule has 0 bridgehead atoms. The number of rotatable bonds is 1. The van der Waals surface area contributed by atoms with Gasteiger partial charge in [-0.2, -0.15) is 39.5 Å². The molecule has 1 aliphatic heterocycles. The maximum Gasteiger partial charge on any atom is 0.443 e. The second-order valence-electron chi connectivity index (χ2n) is 6.09. The summed E-state index contributed by atoms with van der Waals surface area (Å²) in [5, 5.41) is 1.21. The smallest absolute Gasteiger partial charge is 0.286 e. The summed E-state index contributed by atoms with van der Waals surface area (Å²) in [5.74, 6) is -4.81. The lowest BCUT2D eigenvalue weighted by Gasteiger charge is -2.31. The molecule has 176 valence electrons. The lowest BCUT2D eigenvalue weighted by Crippen LogP contribution is -2.55. The molecule has 0 unspecified atom stereocenters. The molecule has 5 nitrogen and oxygen atoms in total. The molecule has 0 saturated heterocycles. The first-order valence-electron chi connectivity index (χ1n) is 7.98. The average Bonchev–Trinajstić information content (AvgIpc) is 3.00. The fourth-order valence-corrected chi connectivity index (χ4v) is 3.60. The Bertz CT molecular complexity index is 981. The van der Waals surface area contributed by atoms with Gasteiger partial charge in [0.05, 0.1) is 4.91 Å². The van der Waals surface area contributed by atoms with Crippen molar-refractivity contribution in [2.45, 2.75) is 31.0 Å². The Morgan fingerprint density at radius 3 is 1.97 bits per heavy atom. The maximum absolute atomic E-state index is 13.6. The number of halogens is 10. The number of carbonyl (C=O) groups excluding carboxylic acids is 2. The summed E-state index contributed by atoms with van der Waals surface area (Å²) >= 11 is -1.03. The van der Waals surface area contributed by atoms with Gasteiger partial charge in [-0.05, 0) is 18.6 Å². The summed E-state index contributed by atoms with van der Waals surface area (Å²) in [6.45, 7) is 1.45. The van der Waals surface area contributed by atoms with E-state index in [2.05, 4.69) is 4.99 Å². The normalized spacial score (nSPS) is 18.2. The van der Waals surface area contributed by atoms with Crippen LogP contribution < -0.4 is 10.6 Å². The molecule has 1 aliphatic rings. The Labute approximate surface area is 175 Å². The van der Waals surface area contributed by atoms with Gasteiger partial charge in [0.2, 0.25) is 5.83 Å². The molecule has 0 saturated carbocycles. The van der Waals surface area contributed by atoms with Crippen LogP contribution in [-0.2, 0) is 0 Å². The Morgan fingerprint density at radius 2 is 1.50 bits per heavy atom. The van der Waals surface area contributed by atoms with Crippen molar-refractivity contribution in [3.8, 4) is 0 Å². The van der Waals surface area contributed by atoms with E-state index in [1.165, 1.54) is 36.5 Å². The molecular weight excluding hydrogens is 488 g/mol. The number of alkyl halides is 9. The number of imide groups is 1. The van der Waals surface area contributed by atoms with Gasteiger partial charge in [-0.15, -0.1) is 0 Å². The zero-order valence-electron chi connectivity index (χ0n) is 15.3. The van der Waals surface area contributed by atoms with E-state index < -0.39 is 63.7 Å². The summed E-state index contributed by atoms with van der Waals surface area (Å²) in [4.78, 5) is 23.1. The van der Waals surface area contributed by atoms with E-state index in [4.69, 9.17) is 0 Å². The first kappa shape index (κ1) is 25.5. The molecule has 0 spiro atoms. The van der Waals surface area contributed by atoms with Crippen LogP contribution in [0.4, 0.5) is 48.7 Å². The zero-order chi connectivity index (χ0) is 24.7. The average molecular weight is 497 g/mol. The van der Waals surface area contributed by atoms with Gasteiger partial charge >= 0.3 is 24.6 Å². The second-order valence-corrected chi connectivity index (χ2v) is 7.09. The fraction of sp³-hybridized carbons (Fsp3) is 0.312. The number of hydrogen-bond donors (Lipinski definition) is 2. The number of thioether (sulfide) groups is 1. The Kier molecular flexibility index (Phi) is 6.60. The summed E-state index contributed by atoms with van der Waals surface area (Å²) in [7, 11) is 0. The highest BCUT2D eigenvalue weighted by Gasteiger charge is 2.77. The van der Waals surface area contributed by atoms with Crippen molar-refractivity contribution in [3.05, 3.63) is 46.1 Å². The van der Waals surface area contributed by atoms with Gasteiger partial charge in [-0.3, -0.25) is 15.4 Å². The van der Waals surface area contributed by atoms with Crippen LogP contribution in [0, 0.1) is 6.92 Å². The molecule has 0 fully saturated rings. The van der Waals surface area contributed by atoms with E-state index in [1.807, 2.05) is 0 Å². The minimum absolute atomic E-state index is 0.0905. The molecule has 3 amide bonds. The summed E-state index contributed by atoms with van der Waals surface area (Å²) in [6, 6.07) is 3.87. The molecular formula is C16H9F10N3O2S. The van der Waals surface area contributed by atoms with Crippen molar-refractivity contribution in [1.82, 2.24) is 10.6 Å². The van der Waals surface area contributed by atoms with E-state index >= 15 is 0 Å². The number of nitrogens with one attached hydrogen (secondary N) is 2. The Morgan fingerprint density at radius 1 is 0.969 bits per heavy atom. The van der Waals surface area contributed by atoms with Crippen LogP contribution in [0.2, 0.25) is 0 Å². The predicted octanol–water partition coefficient (Wildman–Crippen LogP) is 5.14. The SMILES string of the molecule is Cc1ccccc1C(=O)NC(=O)NC1=NC(C(F)(F)F)(C(F)(F)F)/C(=C(\F)C(F)(F)F)S1. The standard InChI is InChI=1S/C16H9F10N3O2S/c1-6-4-2-3-5-7(6)10(30)27-11(31)28-12-29-13(15(21,22)23,16(24,25)26)9(32-12)8(17)14(18,19)20/h2-5H,1H3,(H2,27,28,29,30,31)/b9-8+. The maximum atomic E-state index is 13.6. The molecule has 16 heteroatoms. The van der Waals surface area contributed by atoms with Crippen LogP contribution in [0.1, 0.15) is 15.9 Å². The third kappa shape index (κ3) is 4.68. The molecule has 32 heavy (non-hydrogen) atoms. The molecule has 1 aromatic carbocycles. The zero-order valence-corrected chi connectivity index (χ0v) is 16.1. The Hall–Kier alpha value is -2.78. The molecule has 0 atom stereocenters. The first-order valence-corrected chi connectivity index (χ1v) is 8.80. The van der Waals surface area contributed by atoms with Crippen molar-refractivity contribution in [1.29, 1.82) is 0 Å². The summed E-state index contributed by atoms with van der Waals surface area (Å²) in [5.41, 5.74) is -5.37. The molecule has 1 heterocycles. The number of urea groups is 1. The van der Waals surface area contributed by atoms with Crippen molar-refractivity contribution in [3.63, 3.8) is 0 Å². The van der Waals surface area contributed by atoms with Crippen molar-refractivity contribution in [2.75, 3.05) is 0 Å². The van der Waals surface area contributed by atoms with E-state index in [0.29, 0.717) is 5.56 Å². The second kappa shape index (κ2) is 8.29. The van der Waals surface area contributed by atoms with Crippen LogP contribution in [0.15, 0.2) is 40.0 Å². The number of amides is 3. The van der Waals surface area contributed by atoms with Gasteiger partial charge in [0.15, 0.2) is 5.17 Å². The highest BCUT2D eigenvalue weighted by atomic mass is 32.2. The lowest BCUT2D eigenvalue weighted by atomic mass is 9.97. The number of aryl methyl sites for hydroxylation is 1. The van der Waals surface area contributed by atoms with Gasteiger partial charge in [-0.25, -0.2) is 14.2 Å². The topological polar surface area (TPSA) is 70.6 Å². The molecule has 2 N–H and O–H groups in total. The Balaban J connectivity index is 2.44. The highest BCUT2D eigenvalue weighted by molar-refractivity contribution is 8.17. The van der Waals surface area contributed by atoms with E-state index in [-0.39, 0.29) is 5.56 Å². The third-order valence-electron chi connectivity index (χ3n) is 3.90. The van der Waals surface area contributed by atoms with E-state index in [9.17, 15) is 53.5 Å². The van der Waals surface area contributed by atoms with Crippen LogP contribution >= 0.6 is 11.8 Å². The number of nitrogens with zero attached hydrogens (tertiary/aromatic N) is 1. The van der Waals surface area contributed by atoms with Gasteiger partial charge in [0.1, 0.15) is 0 Å². The number of carbonyl (C=O) groups is 2. The van der Waals surface area contributed by atoms with Gasteiger partial charge in [0, 0.05) is 5.56 Å². The van der Waals surface area contributed by atoms with E-state index in [0.717, 1.165) is 0 Å². The molecule has 0 aromatic heterocycles. The quantitative estimate of drug-likeness (QED) is 0.528. The van der Waals surface area contributed by atoms with Crippen LogP contribution in [-0.4, -0.2) is 41.2 Å². The third-order valence-corrected chi connectivity index (χ3v) is 4.97. The number of amidine groups is 1. The minimum atomic E-state index is -6.56. The highest BCUT2D eigenvalue weighted by Crippen LogP contribution is 2.59. The van der Waals surface area contributed by atoms with Gasteiger partial charge in [-0.1, -0.05) is 30.0 Å². The van der Waals surface area contributed by atoms with Crippen molar-refractivity contribution in [2.24, 2.45) is 4.99 Å². The molecule has 1 aromatic rings. The molecule has 2 rings (SSSR count). The largest absolute Gasteiger partial charge is 0.443 e. The number of allylic oxidation sites excluding steroid dienone is 1. The van der Waals surface area contributed by atoms with Crippen LogP contribution in [0.5, 0.6) is 0 Å². The summed E-state index contributed by atoms with van der Waals surface area (Å²) in [6.07, 6.45) is -19.3. The number of aliphatic imine (C=N–C) groups is 1. The number of benzene rings is 1. The van der Waals surface area contributed by atoms with Crippen molar-refractivity contribution >= 4 is 28.9 Å². The van der Waals surface area contributed by atoms with Crippen LogP contribution in [0.3, 0.4) is 0 Å². The first-order chi connectivity index (χ1) is 14.4. The van der Waals surface area contributed by atoms with Crippen LogP contribution in [0.25, 0.3) is 0 Å². The fourth-order valence-electron chi connectivity index (χ4n) is 2.45. The van der Waals surface area contributed by atoms with E-state index in [1.54, 1.807) is 5.32 Å². The minimum Gasteiger partial charge on any atom is -0.286 e. The molecule has 0 aliphatic carbocycles. The van der Waals surface area contributed by atoms with Gasteiger partial charge in [0.25, 0.3) is 11.4 Å².